The van der Waals surface area contributed by atoms with Crippen LogP contribution in [0.3, 0.4) is 0 Å². The van der Waals surface area contributed by atoms with Crippen molar-refractivity contribution >= 4 is 0 Å². The number of hydrogen-bond donors (Lipinski definition) is 1. The molecule has 0 bridgehead atoms. The number of nitrogens with zero attached hydrogens (tertiary/aromatic N) is 2. The molecular formula is C15H19N3O2. The maximum absolute atomic E-state index is 5.79. The van der Waals surface area contributed by atoms with Gasteiger partial charge in [0.1, 0.15) is 18.1 Å². The van der Waals surface area contributed by atoms with Gasteiger partial charge < -0.3 is 14.8 Å². The molecule has 0 aliphatic heterocycles. The van der Waals surface area contributed by atoms with E-state index < -0.39 is 0 Å². The van der Waals surface area contributed by atoms with E-state index >= 15 is 0 Å². The molecule has 1 N–H and O–H groups in total. The molecular weight excluding hydrogens is 254 g/mol. The molecule has 106 valence electrons. The van der Waals surface area contributed by atoms with Crippen LogP contribution in [0, 0.1) is 0 Å². The van der Waals surface area contributed by atoms with Gasteiger partial charge in [0.2, 0.25) is 5.88 Å². The number of hydrogen-bond acceptors (Lipinski definition) is 5. The lowest BCUT2D eigenvalue weighted by molar-refractivity contribution is 0.259. The number of para-hydroxylation sites is 1. The summed E-state index contributed by atoms with van der Waals surface area (Å²) in [6, 6.07) is 9.64. The van der Waals surface area contributed by atoms with Gasteiger partial charge in [-0.15, -0.1) is 0 Å². The van der Waals surface area contributed by atoms with Crippen LogP contribution in [-0.4, -0.2) is 30.2 Å². The first-order chi connectivity index (χ1) is 9.85. The van der Waals surface area contributed by atoms with Crippen molar-refractivity contribution in [1.82, 2.24) is 15.3 Å². The molecule has 1 unspecified atom stereocenters. The molecule has 0 radical (unpaired) electrons. The number of likely N-dealkylation sites (N-methyl/N-ethyl adjacent to an activating group) is 1. The summed E-state index contributed by atoms with van der Waals surface area (Å²) in [6.45, 7) is 3.31. The summed E-state index contributed by atoms with van der Waals surface area (Å²) in [5.74, 6) is 1.35. The highest BCUT2D eigenvalue weighted by molar-refractivity contribution is 5.23. The van der Waals surface area contributed by atoms with E-state index in [1.807, 2.05) is 37.3 Å². The van der Waals surface area contributed by atoms with Gasteiger partial charge in [-0.25, -0.2) is 4.98 Å². The largest absolute Gasteiger partial charge is 0.492 e. The third kappa shape index (κ3) is 3.68. The monoisotopic (exact) mass is 273 g/mol. The predicted octanol–water partition coefficient (Wildman–Crippen LogP) is 2.21. The van der Waals surface area contributed by atoms with Crippen LogP contribution < -0.4 is 14.8 Å². The Kier molecular flexibility index (Phi) is 5.32. The molecule has 1 atom stereocenters. The Morgan fingerprint density at radius 2 is 1.90 bits per heavy atom. The molecule has 0 saturated carbocycles. The number of benzene rings is 1. The first-order valence-electron chi connectivity index (χ1n) is 6.61. The van der Waals surface area contributed by atoms with Crippen LogP contribution in [0.1, 0.15) is 18.7 Å². The van der Waals surface area contributed by atoms with Crippen molar-refractivity contribution in [2.24, 2.45) is 0 Å². The third-order valence-electron chi connectivity index (χ3n) is 2.83. The summed E-state index contributed by atoms with van der Waals surface area (Å²) in [7, 11) is 1.59. The van der Waals surface area contributed by atoms with E-state index in [0.717, 1.165) is 18.0 Å². The van der Waals surface area contributed by atoms with E-state index in [9.17, 15) is 0 Å². The second-order valence-electron chi connectivity index (χ2n) is 4.19. The highest BCUT2D eigenvalue weighted by atomic mass is 16.5. The molecule has 1 aromatic heterocycles. The topological polar surface area (TPSA) is 56.3 Å². The minimum Gasteiger partial charge on any atom is -0.492 e. The average Bonchev–Trinajstić information content (AvgIpc) is 2.52. The first-order valence-corrected chi connectivity index (χ1v) is 6.61. The summed E-state index contributed by atoms with van der Waals surface area (Å²) < 4.78 is 11.0. The van der Waals surface area contributed by atoms with Crippen LogP contribution in [0.2, 0.25) is 0 Å². The second-order valence-corrected chi connectivity index (χ2v) is 4.19. The Morgan fingerprint density at radius 3 is 2.60 bits per heavy atom. The van der Waals surface area contributed by atoms with Gasteiger partial charge in [-0.2, -0.15) is 0 Å². The lowest BCUT2D eigenvalue weighted by Gasteiger charge is -2.19. The van der Waals surface area contributed by atoms with Gasteiger partial charge >= 0.3 is 0 Å². The van der Waals surface area contributed by atoms with Crippen molar-refractivity contribution in [3.05, 3.63) is 48.4 Å². The summed E-state index contributed by atoms with van der Waals surface area (Å²) in [6.07, 6.45) is 3.27. The zero-order valence-electron chi connectivity index (χ0n) is 11.7. The highest BCUT2D eigenvalue weighted by Crippen LogP contribution is 2.21. The Balaban J connectivity index is 2.10. The van der Waals surface area contributed by atoms with Crippen LogP contribution in [0.15, 0.2) is 42.7 Å². The van der Waals surface area contributed by atoms with Crippen LogP contribution in [-0.2, 0) is 0 Å². The minimum atomic E-state index is -0.0659. The molecule has 5 nitrogen and oxygen atoms in total. The lowest BCUT2D eigenvalue weighted by Crippen LogP contribution is -2.28. The molecule has 20 heavy (non-hydrogen) atoms. The van der Waals surface area contributed by atoms with Crippen LogP contribution in [0.5, 0.6) is 11.6 Å². The zero-order valence-corrected chi connectivity index (χ0v) is 11.7. The molecule has 1 heterocycles. The van der Waals surface area contributed by atoms with Gasteiger partial charge in [-0.3, -0.25) is 4.98 Å². The fraction of sp³-hybridized carbons (Fsp3) is 0.333. The number of ether oxygens (including phenoxy) is 2. The number of nitrogens with one attached hydrogen (secondary N) is 1. The second kappa shape index (κ2) is 7.45. The van der Waals surface area contributed by atoms with Gasteiger partial charge in [-0.05, 0) is 18.7 Å². The Morgan fingerprint density at radius 1 is 1.15 bits per heavy atom. The molecule has 0 saturated heterocycles. The first kappa shape index (κ1) is 14.3. The Labute approximate surface area is 119 Å². The van der Waals surface area contributed by atoms with Crippen LogP contribution in [0.4, 0.5) is 0 Å². The maximum Gasteiger partial charge on any atom is 0.237 e. The van der Waals surface area contributed by atoms with Crippen molar-refractivity contribution in [2.75, 3.05) is 20.3 Å². The van der Waals surface area contributed by atoms with Gasteiger partial charge in [0, 0.05) is 12.4 Å². The Bertz CT molecular complexity index is 520. The maximum atomic E-state index is 5.79. The van der Waals surface area contributed by atoms with Crippen LogP contribution in [0.25, 0.3) is 0 Å². The predicted molar refractivity (Wildman–Crippen MR) is 76.9 cm³/mol. The normalized spacial score (nSPS) is 11.9. The molecule has 2 rings (SSSR count). The summed E-state index contributed by atoms with van der Waals surface area (Å²) in [4.78, 5) is 8.53. The molecule has 0 aliphatic rings. The molecule has 1 aromatic carbocycles. The van der Waals surface area contributed by atoms with E-state index in [4.69, 9.17) is 9.47 Å². The van der Waals surface area contributed by atoms with E-state index in [2.05, 4.69) is 15.3 Å². The van der Waals surface area contributed by atoms with Gasteiger partial charge in [0.25, 0.3) is 0 Å². The van der Waals surface area contributed by atoms with Crippen molar-refractivity contribution in [3.63, 3.8) is 0 Å². The SMILES string of the molecule is CCNC(COc1ccccc1)c1nccnc1OC. The zero-order chi connectivity index (χ0) is 14.2. The molecule has 5 heteroatoms. The number of rotatable bonds is 7. The summed E-state index contributed by atoms with van der Waals surface area (Å²) in [5, 5.41) is 3.34. The van der Waals surface area contributed by atoms with Crippen molar-refractivity contribution in [1.29, 1.82) is 0 Å². The summed E-state index contributed by atoms with van der Waals surface area (Å²) >= 11 is 0. The number of aromatic nitrogens is 2. The quantitative estimate of drug-likeness (QED) is 0.838. The molecule has 2 aromatic rings. The minimum absolute atomic E-state index is 0.0659. The molecule has 0 aliphatic carbocycles. The highest BCUT2D eigenvalue weighted by Gasteiger charge is 2.18. The Hall–Kier alpha value is -2.14. The lowest BCUT2D eigenvalue weighted by atomic mass is 10.2. The molecule has 0 spiro atoms. The third-order valence-corrected chi connectivity index (χ3v) is 2.83. The van der Waals surface area contributed by atoms with Crippen molar-refractivity contribution < 1.29 is 9.47 Å². The van der Waals surface area contributed by atoms with Gasteiger partial charge in [-0.1, -0.05) is 25.1 Å². The van der Waals surface area contributed by atoms with E-state index in [0.29, 0.717) is 12.5 Å². The van der Waals surface area contributed by atoms with E-state index in [-0.39, 0.29) is 6.04 Å². The molecule has 0 fully saturated rings. The standard InChI is InChI=1S/C15H19N3O2/c1-3-16-13(11-20-12-7-5-4-6-8-12)14-15(19-2)18-10-9-17-14/h4-10,13,16H,3,11H2,1-2H3. The summed E-state index contributed by atoms with van der Waals surface area (Å²) in [5.41, 5.74) is 0.757. The van der Waals surface area contributed by atoms with Gasteiger partial charge in [0.15, 0.2) is 0 Å². The van der Waals surface area contributed by atoms with E-state index in [1.54, 1.807) is 19.5 Å². The average molecular weight is 273 g/mol. The smallest absolute Gasteiger partial charge is 0.237 e. The fourth-order valence-corrected chi connectivity index (χ4v) is 1.91. The fourth-order valence-electron chi connectivity index (χ4n) is 1.91. The van der Waals surface area contributed by atoms with Crippen molar-refractivity contribution in [2.45, 2.75) is 13.0 Å². The van der Waals surface area contributed by atoms with Gasteiger partial charge in [0.05, 0.1) is 13.2 Å². The van der Waals surface area contributed by atoms with Crippen LogP contribution >= 0.6 is 0 Å². The molecule has 0 amide bonds. The van der Waals surface area contributed by atoms with Crippen molar-refractivity contribution in [3.8, 4) is 11.6 Å². The number of methoxy groups -OCH3 is 1. The van der Waals surface area contributed by atoms with E-state index in [1.165, 1.54) is 0 Å².